The van der Waals surface area contributed by atoms with Crippen molar-refractivity contribution in [3.63, 3.8) is 0 Å². The summed E-state index contributed by atoms with van der Waals surface area (Å²) in [5, 5.41) is 5.57. The highest BCUT2D eigenvalue weighted by Crippen LogP contribution is 2.24. The fourth-order valence-corrected chi connectivity index (χ4v) is 1.74. The van der Waals surface area contributed by atoms with Gasteiger partial charge in [-0.25, -0.2) is 4.79 Å². The van der Waals surface area contributed by atoms with Crippen LogP contribution in [-0.4, -0.2) is 25.7 Å². The van der Waals surface area contributed by atoms with Gasteiger partial charge in [0.15, 0.2) is 0 Å². The molecule has 2 amide bonds. The molecule has 1 aromatic carbocycles. The Morgan fingerprint density at radius 2 is 1.76 bits per heavy atom. The Morgan fingerprint density at radius 1 is 1.14 bits per heavy atom. The number of amides is 2. The maximum Gasteiger partial charge on any atom is 0.314 e. The molecular weight excluding hydrogens is 264 g/mol. The number of hydrogen-bond acceptors (Lipinski definition) is 2. The van der Waals surface area contributed by atoms with Crippen molar-refractivity contribution in [2.45, 2.75) is 40.0 Å². The highest BCUT2D eigenvalue weighted by molar-refractivity contribution is 5.73. The lowest BCUT2D eigenvalue weighted by Gasteiger charge is -2.19. The van der Waals surface area contributed by atoms with Gasteiger partial charge in [0.25, 0.3) is 0 Å². The lowest BCUT2D eigenvalue weighted by Crippen LogP contribution is -2.39. The van der Waals surface area contributed by atoms with Crippen molar-refractivity contribution in [2.24, 2.45) is 5.92 Å². The molecule has 1 rings (SSSR count). The van der Waals surface area contributed by atoms with Crippen molar-refractivity contribution < 1.29 is 9.53 Å². The van der Waals surface area contributed by atoms with Crippen LogP contribution in [0.25, 0.3) is 0 Å². The molecule has 2 N–H and O–H groups in total. The second-order valence-electron chi connectivity index (χ2n) is 6.65. The summed E-state index contributed by atoms with van der Waals surface area (Å²) < 4.78 is 5.61. The summed E-state index contributed by atoms with van der Waals surface area (Å²) >= 11 is 0. The zero-order chi connectivity index (χ0) is 15.9. The van der Waals surface area contributed by atoms with Crippen LogP contribution in [0.15, 0.2) is 24.3 Å². The molecule has 0 unspecified atom stereocenters. The van der Waals surface area contributed by atoms with E-state index in [0.29, 0.717) is 25.6 Å². The Hall–Kier alpha value is -1.71. The summed E-state index contributed by atoms with van der Waals surface area (Å²) in [7, 11) is 0. The van der Waals surface area contributed by atoms with Gasteiger partial charge < -0.3 is 15.4 Å². The molecule has 0 aromatic heterocycles. The molecule has 4 nitrogen and oxygen atoms in total. The first-order valence-electron chi connectivity index (χ1n) is 7.54. The number of urea groups is 1. The van der Waals surface area contributed by atoms with Crippen LogP contribution in [-0.2, 0) is 5.41 Å². The van der Waals surface area contributed by atoms with Crippen LogP contribution in [0.2, 0.25) is 0 Å². The molecule has 4 heteroatoms. The second-order valence-corrected chi connectivity index (χ2v) is 6.65. The van der Waals surface area contributed by atoms with Gasteiger partial charge in [0.2, 0.25) is 0 Å². The molecule has 0 aliphatic carbocycles. The zero-order valence-electron chi connectivity index (χ0n) is 13.8. The molecule has 0 atom stereocenters. The summed E-state index contributed by atoms with van der Waals surface area (Å²) in [6.07, 6.45) is 0. The molecule has 0 bridgehead atoms. The molecular formula is C17H28N2O2. The minimum Gasteiger partial charge on any atom is -0.492 e. The summed E-state index contributed by atoms with van der Waals surface area (Å²) in [6.45, 7) is 12.3. The quantitative estimate of drug-likeness (QED) is 0.790. The fourth-order valence-electron chi connectivity index (χ4n) is 1.74. The van der Waals surface area contributed by atoms with Crippen molar-refractivity contribution in [3.8, 4) is 5.75 Å². The molecule has 0 aliphatic heterocycles. The van der Waals surface area contributed by atoms with E-state index in [1.165, 1.54) is 5.56 Å². The van der Waals surface area contributed by atoms with E-state index in [9.17, 15) is 4.79 Å². The van der Waals surface area contributed by atoms with Crippen molar-refractivity contribution in [2.75, 3.05) is 19.7 Å². The number of carbonyl (C=O) groups excluding carboxylic acids is 1. The first-order chi connectivity index (χ1) is 9.79. The molecule has 0 aliphatic rings. The van der Waals surface area contributed by atoms with Crippen LogP contribution in [0.1, 0.15) is 40.2 Å². The summed E-state index contributed by atoms with van der Waals surface area (Å²) in [5.74, 6) is 1.28. The van der Waals surface area contributed by atoms with Crippen molar-refractivity contribution >= 4 is 6.03 Å². The highest BCUT2D eigenvalue weighted by Gasteiger charge is 2.12. The molecule has 118 valence electrons. The molecule has 0 saturated carbocycles. The smallest absolute Gasteiger partial charge is 0.314 e. The predicted octanol–water partition coefficient (Wildman–Crippen LogP) is 3.32. The van der Waals surface area contributed by atoms with Crippen molar-refractivity contribution in [1.82, 2.24) is 10.6 Å². The Labute approximate surface area is 128 Å². The molecule has 21 heavy (non-hydrogen) atoms. The summed E-state index contributed by atoms with van der Waals surface area (Å²) in [5.41, 5.74) is 1.43. The lowest BCUT2D eigenvalue weighted by atomic mass is 9.87. The molecule has 1 aromatic rings. The third-order valence-electron chi connectivity index (χ3n) is 3.05. The van der Waals surface area contributed by atoms with E-state index in [-0.39, 0.29) is 11.4 Å². The van der Waals surface area contributed by atoms with E-state index in [0.717, 1.165) is 5.75 Å². The molecule has 0 radical (unpaired) electrons. The maximum absolute atomic E-state index is 11.4. The standard InChI is InChI=1S/C17H28N2O2/c1-13(2)12-19-16(20)18-10-11-21-15-8-6-14(7-9-15)17(3,4)5/h6-9,13H,10-12H2,1-5H3,(H2,18,19,20). The molecule has 0 fully saturated rings. The molecule has 0 saturated heterocycles. The van der Waals surface area contributed by atoms with Gasteiger partial charge in [-0.05, 0) is 29.0 Å². The molecule has 0 spiro atoms. The fraction of sp³-hybridized carbons (Fsp3) is 0.588. The van der Waals surface area contributed by atoms with Gasteiger partial charge in [-0.3, -0.25) is 0 Å². The van der Waals surface area contributed by atoms with Crippen LogP contribution >= 0.6 is 0 Å². The Kier molecular flexibility index (Phi) is 6.53. The number of nitrogens with one attached hydrogen (secondary N) is 2. The van der Waals surface area contributed by atoms with Gasteiger partial charge in [-0.2, -0.15) is 0 Å². The van der Waals surface area contributed by atoms with Crippen LogP contribution < -0.4 is 15.4 Å². The second kappa shape index (κ2) is 7.91. The topological polar surface area (TPSA) is 50.4 Å². The van der Waals surface area contributed by atoms with Crippen LogP contribution in [0.4, 0.5) is 4.79 Å². The van der Waals surface area contributed by atoms with Gasteiger partial charge in [0.05, 0.1) is 6.54 Å². The van der Waals surface area contributed by atoms with Gasteiger partial charge in [0, 0.05) is 6.54 Å². The van der Waals surface area contributed by atoms with Crippen LogP contribution in [0.3, 0.4) is 0 Å². The number of carbonyl (C=O) groups is 1. The van der Waals surface area contributed by atoms with Crippen LogP contribution in [0.5, 0.6) is 5.75 Å². The summed E-state index contributed by atoms with van der Waals surface area (Å²) in [6, 6.07) is 7.96. The zero-order valence-corrected chi connectivity index (χ0v) is 13.8. The highest BCUT2D eigenvalue weighted by atomic mass is 16.5. The van der Waals surface area contributed by atoms with E-state index < -0.39 is 0 Å². The van der Waals surface area contributed by atoms with E-state index in [1.807, 2.05) is 12.1 Å². The van der Waals surface area contributed by atoms with Crippen molar-refractivity contribution in [3.05, 3.63) is 29.8 Å². The maximum atomic E-state index is 11.4. The van der Waals surface area contributed by atoms with E-state index in [4.69, 9.17) is 4.74 Å². The summed E-state index contributed by atoms with van der Waals surface area (Å²) in [4.78, 5) is 11.4. The van der Waals surface area contributed by atoms with E-state index in [1.54, 1.807) is 0 Å². The first kappa shape index (κ1) is 17.3. The average molecular weight is 292 g/mol. The Balaban J connectivity index is 2.25. The lowest BCUT2D eigenvalue weighted by molar-refractivity contribution is 0.235. The third kappa shape index (κ3) is 7.02. The number of ether oxygens (including phenoxy) is 1. The predicted molar refractivity (Wildman–Crippen MR) is 86.9 cm³/mol. The SMILES string of the molecule is CC(C)CNC(=O)NCCOc1ccc(C(C)(C)C)cc1. The average Bonchev–Trinajstić information content (AvgIpc) is 2.41. The molecule has 0 heterocycles. The van der Waals surface area contributed by atoms with E-state index >= 15 is 0 Å². The number of hydrogen-bond donors (Lipinski definition) is 2. The van der Waals surface area contributed by atoms with Gasteiger partial charge in [-0.15, -0.1) is 0 Å². The van der Waals surface area contributed by atoms with Gasteiger partial charge >= 0.3 is 6.03 Å². The minimum atomic E-state index is -0.143. The monoisotopic (exact) mass is 292 g/mol. The first-order valence-corrected chi connectivity index (χ1v) is 7.54. The normalized spacial score (nSPS) is 11.3. The van der Waals surface area contributed by atoms with Gasteiger partial charge in [-0.1, -0.05) is 46.8 Å². The Morgan fingerprint density at radius 3 is 2.29 bits per heavy atom. The van der Waals surface area contributed by atoms with Crippen LogP contribution in [0, 0.1) is 5.92 Å². The largest absolute Gasteiger partial charge is 0.492 e. The number of benzene rings is 1. The third-order valence-corrected chi connectivity index (χ3v) is 3.05. The number of rotatable bonds is 6. The van der Waals surface area contributed by atoms with Crippen molar-refractivity contribution in [1.29, 1.82) is 0 Å². The van der Waals surface area contributed by atoms with Gasteiger partial charge in [0.1, 0.15) is 12.4 Å². The van der Waals surface area contributed by atoms with E-state index in [2.05, 4.69) is 57.4 Å². The Bertz CT molecular complexity index is 433. The minimum absolute atomic E-state index is 0.143.